The third-order valence-electron chi connectivity index (χ3n) is 3.11. The average Bonchev–Trinajstić information content (AvgIpc) is 2.40. The highest BCUT2D eigenvalue weighted by Crippen LogP contribution is 2.22. The maximum atomic E-state index is 12.5. The van der Waals surface area contributed by atoms with E-state index in [4.69, 9.17) is 0 Å². The molecule has 0 saturated carbocycles. The Bertz CT molecular complexity index is 502. The predicted octanol–water partition coefficient (Wildman–Crippen LogP) is 1.12. The number of hydrogen-bond acceptors (Lipinski definition) is 2. The Labute approximate surface area is 113 Å². The summed E-state index contributed by atoms with van der Waals surface area (Å²) in [5.74, 6) is -2.52. The summed E-state index contributed by atoms with van der Waals surface area (Å²) >= 11 is 0. The lowest BCUT2D eigenvalue weighted by molar-refractivity contribution is -0.189. The molecule has 108 valence electrons. The van der Waals surface area contributed by atoms with Gasteiger partial charge in [0.15, 0.2) is 0 Å². The summed E-state index contributed by atoms with van der Waals surface area (Å²) in [5.41, 5.74) is 0.703. The van der Waals surface area contributed by atoms with Crippen molar-refractivity contribution in [3.8, 4) is 0 Å². The normalized spacial score (nSPS) is 19.6. The number of hydrogen-bond donors (Lipinski definition) is 1. The Hall–Kier alpha value is -2.05. The second kappa shape index (κ2) is 5.52. The molecule has 0 bridgehead atoms. The van der Waals surface area contributed by atoms with Gasteiger partial charge in [-0.2, -0.15) is 13.2 Å². The van der Waals surface area contributed by atoms with Crippen molar-refractivity contribution in [3.05, 3.63) is 35.9 Å². The van der Waals surface area contributed by atoms with Crippen molar-refractivity contribution >= 4 is 11.8 Å². The number of alkyl halides is 3. The fourth-order valence-corrected chi connectivity index (χ4v) is 2.16. The van der Waals surface area contributed by atoms with E-state index in [-0.39, 0.29) is 19.5 Å². The molecule has 1 N–H and O–H groups in total. The lowest BCUT2D eigenvalue weighted by Gasteiger charge is -2.35. The largest absolute Gasteiger partial charge is 0.471 e. The van der Waals surface area contributed by atoms with Gasteiger partial charge in [-0.25, -0.2) is 0 Å². The molecule has 1 saturated heterocycles. The van der Waals surface area contributed by atoms with Gasteiger partial charge in [-0.3, -0.25) is 9.59 Å². The van der Waals surface area contributed by atoms with Gasteiger partial charge in [0.2, 0.25) is 5.91 Å². The van der Waals surface area contributed by atoms with E-state index >= 15 is 0 Å². The van der Waals surface area contributed by atoms with Crippen LogP contribution < -0.4 is 5.32 Å². The van der Waals surface area contributed by atoms with Crippen molar-refractivity contribution in [2.75, 3.05) is 13.1 Å². The van der Waals surface area contributed by atoms with Crippen molar-refractivity contribution in [1.82, 2.24) is 10.2 Å². The Morgan fingerprint density at radius 3 is 2.55 bits per heavy atom. The highest BCUT2D eigenvalue weighted by atomic mass is 19.4. The maximum absolute atomic E-state index is 12.5. The van der Waals surface area contributed by atoms with E-state index in [1.165, 1.54) is 0 Å². The molecule has 20 heavy (non-hydrogen) atoms. The molecule has 1 unspecified atom stereocenters. The SMILES string of the molecule is O=C1NCCN(C(=O)C(F)(F)F)C1Cc1ccccc1. The van der Waals surface area contributed by atoms with Crippen LogP contribution in [-0.2, 0) is 16.0 Å². The number of nitrogens with zero attached hydrogens (tertiary/aromatic N) is 1. The molecular weight excluding hydrogens is 273 g/mol. The molecule has 1 aliphatic rings. The van der Waals surface area contributed by atoms with Gasteiger partial charge >= 0.3 is 12.1 Å². The van der Waals surface area contributed by atoms with E-state index < -0.39 is 24.0 Å². The third kappa shape index (κ3) is 3.09. The van der Waals surface area contributed by atoms with Crippen LogP contribution in [0.3, 0.4) is 0 Å². The predicted molar refractivity (Wildman–Crippen MR) is 64.7 cm³/mol. The summed E-state index contributed by atoms with van der Waals surface area (Å²) in [7, 11) is 0. The van der Waals surface area contributed by atoms with Gasteiger partial charge in [0.1, 0.15) is 6.04 Å². The zero-order valence-electron chi connectivity index (χ0n) is 10.5. The smallest absolute Gasteiger partial charge is 0.353 e. The molecule has 0 radical (unpaired) electrons. The first-order chi connectivity index (χ1) is 9.39. The minimum absolute atomic E-state index is 0.0337. The summed E-state index contributed by atoms with van der Waals surface area (Å²) in [6.07, 6.45) is -4.90. The molecule has 1 atom stereocenters. The fraction of sp³-hybridized carbons (Fsp3) is 0.385. The number of carbonyl (C=O) groups is 2. The van der Waals surface area contributed by atoms with Crippen LogP contribution in [0.15, 0.2) is 30.3 Å². The van der Waals surface area contributed by atoms with E-state index in [2.05, 4.69) is 5.32 Å². The molecular formula is C13H13F3N2O2. The Morgan fingerprint density at radius 2 is 1.95 bits per heavy atom. The number of benzene rings is 1. The Balaban J connectivity index is 2.21. The molecule has 2 rings (SSSR count). The summed E-state index contributed by atoms with van der Waals surface area (Å²) in [6.45, 7) is -0.104. The van der Waals surface area contributed by atoms with Crippen LogP contribution in [0.4, 0.5) is 13.2 Å². The number of halogens is 3. The first-order valence-electron chi connectivity index (χ1n) is 6.09. The topological polar surface area (TPSA) is 49.4 Å². The first-order valence-corrected chi connectivity index (χ1v) is 6.09. The van der Waals surface area contributed by atoms with Crippen LogP contribution in [-0.4, -0.2) is 42.0 Å². The van der Waals surface area contributed by atoms with E-state index in [1.54, 1.807) is 30.3 Å². The van der Waals surface area contributed by atoms with E-state index in [1.807, 2.05) is 0 Å². The minimum Gasteiger partial charge on any atom is -0.353 e. The average molecular weight is 286 g/mol. The number of nitrogens with one attached hydrogen (secondary N) is 1. The van der Waals surface area contributed by atoms with Crippen LogP contribution in [0, 0.1) is 0 Å². The van der Waals surface area contributed by atoms with Gasteiger partial charge in [0.25, 0.3) is 0 Å². The molecule has 1 aliphatic heterocycles. The Kier molecular flexibility index (Phi) is 3.96. The van der Waals surface area contributed by atoms with E-state index in [0.29, 0.717) is 10.5 Å². The second-order valence-corrected chi connectivity index (χ2v) is 4.49. The van der Waals surface area contributed by atoms with Crippen molar-refractivity contribution in [3.63, 3.8) is 0 Å². The first kappa shape index (κ1) is 14.4. The summed E-state index contributed by atoms with van der Waals surface area (Å²) in [6, 6.07) is 7.51. The summed E-state index contributed by atoms with van der Waals surface area (Å²) in [5, 5.41) is 2.49. The molecule has 4 nitrogen and oxygen atoms in total. The standard InChI is InChI=1S/C13H13F3N2O2/c14-13(15,16)12(20)18-7-6-17-11(19)10(18)8-9-4-2-1-3-5-9/h1-5,10H,6-8H2,(H,17,19). The van der Waals surface area contributed by atoms with Crippen LogP contribution in [0.2, 0.25) is 0 Å². The van der Waals surface area contributed by atoms with Crippen LogP contribution in [0.1, 0.15) is 5.56 Å². The molecule has 0 spiro atoms. The quantitative estimate of drug-likeness (QED) is 0.885. The lowest BCUT2D eigenvalue weighted by Crippen LogP contribution is -2.60. The van der Waals surface area contributed by atoms with Gasteiger partial charge in [-0.15, -0.1) is 0 Å². The zero-order valence-corrected chi connectivity index (χ0v) is 10.5. The van der Waals surface area contributed by atoms with Crippen LogP contribution >= 0.6 is 0 Å². The zero-order chi connectivity index (χ0) is 14.8. The molecule has 0 aromatic heterocycles. The third-order valence-corrected chi connectivity index (χ3v) is 3.11. The van der Waals surface area contributed by atoms with Crippen molar-refractivity contribution < 1.29 is 22.8 Å². The van der Waals surface area contributed by atoms with Gasteiger partial charge < -0.3 is 10.2 Å². The summed E-state index contributed by atoms with van der Waals surface area (Å²) < 4.78 is 37.6. The molecule has 1 heterocycles. The summed E-state index contributed by atoms with van der Waals surface area (Å²) in [4.78, 5) is 23.8. The maximum Gasteiger partial charge on any atom is 0.471 e. The van der Waals surface area contributed by atoms with Crippen molar-refractivity contribution in [2.45, 2.75) is 18.6 Å². The van der Waals surface area contributed by atoms with Crippen molar-refractivity contribution in [1.29, 1.82) is 0 Å². The van der Waals surface area contributed by atoms with Gasteiger partial charge in [-0.1, -0.05) is 30.3 Å². The van der Waals surface area contributed by atoms with E-state index in [9.17, 15) is 22.8 Å². The van der Waals surface area contributed by atoms with Crippen molar-refractivity contribution in [2.24, 2.45) is 0 Å². The van der Waals surface area contributed by atoms with Gasteiger partial charge in [-0.05, 0) is 5.56 Å². The molecule has 7 heteroatoms. The molecule has 0 aliphatic carbocycles. The van der Waals surface area contributed by atoms with Gasteiger partial charge in [0, 0.05) is 19.5 Å². The molecule has 2 amide bonds. The number of amides is 2. The second-order valence-electron chi connectivity index (χ2n) is 4.49. The minimum atomic E-state index is -4.97. The van der Waals surface area contributed by atoms with Crippen LogP contribution in [0.5, 0.6) is 0 Å². The van der Waals surface area contributed by atoms with Gasteiger partial charge in [0.05, 0.1) is 0 Å². The highest BCUT2D eigenvalue weighted by molar-refractivity contribution is 5.91. The number of rotatable bonds is 2. The highest BCUT2D eigenvalue weighted by Gasteiger charge is 2.47. The van der Waals surface area contributed by atoms with E-state index in [0.717, 1.165) is 0 Å². The Morgan fingerprint density at radius 1 is 1.30 bits per heavy atom. The lowest BCUT2D eigenvalue weighted by atomic mass is 10.0. The molecule has 1 aromatic rings. The number of carbonyl (C=O) groups excluding carboxylic acids is 2. The molecule has 1 aromatic carbocycles. The molecule has 1 fully saturated rings. The fourth-order valence-electron chi connectivity index (χ4n) is 2.16. The monoisotopic (exact) mass is 286 g/mol. The van der Waals surface area contributed by atoms with Crippen LogP contribution in [0.25, 0.3) is 0 Å². The number of piperazine rings is 1.